The van der Waals surface area contributed by atoms with Crippen molar-refractivity contribution in [3.8, 4) is 0 Å². The summed E-state index contributed by atoms with van der Waals surface area (Å²) >= 11 is 3.41. The molecule has 20 heavy (non-hydrogen) atoms. The van der Waals surface area contributed by atoms with Gasteiger partial charge in [0.05, 0.1) is 17.0 Å². The van der Waals surface area contributed by atoms with Crippen LogP contribution in [-0.4, -0.2) is 28.4 Å². The van der Waals surface area contributed by atoms with Crippen molar-refractivity contribution in [3.63, 3.8) is 0 Å². The van der Waals surface area contributed by atoms with E-state index in [9.17, 15) is 0 Å². The fourth-order valence-electron chi connectivity index (χ4n) is 2.12. The van der Waals surface area contributed by atoms with Crippen LogP contribution in [0.2, 0.25) is 0 Å². The lowest BCUT2D eigenvalue weighted by Gasteiger charge is -2.29. The van der Waals surface area contributed by atoms with Crippen LogP contribution in [0.1, 0.15) is 20.3 Å². The van der Waals surface area contributed by atoms with Crippen LogP contribution in [0.15, 0.2) is 29.0 Å². The van der Waals surface area contributed by atoms with Gasteiger partial charge in [0, 0.05) is 35.9 Å². The van der Waals surface area contributed by atoms with E-state index in [1.807, 2.05) is 12.1 Å². The van der Waals surface area contributed by atoms with E-state index in [1.54, 1.807) is 12.4 Å². The monoisotopic (exact) mass is 335 g/mol. The third-order valence-electron chi connectivity index (χ3n) is 3.08. The zero-order valence-electron chi connectivity index (χ0n) is 11.6. The van der Waals surface area contributed by atoms with E-state index in [0.717, 1.165) is 21.2 Å². The summed E-state index contributed by atoms with van der Waals surface area (Å²) in [5.41, 5.74) is 8.22. The first-order valence-electron chi connectivity index (χ1n) is 6.49. The third-order valence-corrected chi connectivity index (χ3v) is 3.51. The minimum atomic E-state index is 0.199. The predicted molar refractivity (Wildman–Crippen MR) is 86.3 cm³/mol. The van der Waals surface area contributed by atoms with Crippen LogP contribution in [0.3, 0.4) is 0 Å². The lowest BCUT2D eigenvalue weighted by molar-refractivity contribution is 0.690. The SMILES string of the molecule is CC(C)N(CCC(=N)N)c1ccnc2cc(Br)cnc12. The molecule has 2 rings (SSSR count). The Morgan fingerprint density at radius 2 is 2.20 bits per heavy atom. The van der Waals surface area contributed by atoms with Crippen molar-refractivity contribution < 1.29 is 0 Å². The first-order chi connectivity index (χ1) is 9.49. The van der Waals surface area contributed by atoms with Crippen molar-refractivity contribution in [1.82, 2.24) is 9.97 Å². The minimum absolute atomic E-state index is 0.199. The predicted octanol–water partition coefficient (Wildman–Crippen LogP) is 2.93. The quantitative estimate of drug-likeness (QED) is 0.650. The molecule has 0 fully saturated rings. The number of nitrogens with two attached hydrogens (primary N) is 1. The molecule has 0 unspecified atom stereocenters. The lowest BCUT2D eigenvalue weighted by Crippen LogP contribution is -2.34. The lowest BCUT2D eigenvalue weighted by atomic mass is 10.2. The molecule has 0 saturated carbocycles. The molecule has 2 aromatic rings. The number of nitrogens with zero attached hydrogens (tertiary/aromatic N) is 3. The molecule has 2 aromatic heterocycles. The van der Waals surface area contributed by atoms with Crippen LogP contribution < -0.4 is 10.6 Å². The number of aromatic nitrogens is 2. The summed E-state index contributed by atoms with van der Waals surface area (Å²) in [6.45, 7) is 4.93. The molecule has 106 valence electrons. The van der Waals surface area contributed by atoms with Gasteiger partial charge in [0.2, 0.25) is 0 Å². The first-order valence-corrected chi connectivity index (χ1v) is 7.28. The van der Waals surface area contributed by atoms with Crippen LogP contribution in [0.25, 0.3) is 11.0 Å². The van der Waals surface area contributed by atoms with E-state index in [-0.39, 0.29) is 5.84 Å². The van der Waals surface area contributed by atoms with Gasteiger partial charge in [0.25, 0.3) is 0 Å². The highest BCUT2D eigenvalue weighted by atomic mass is 79.9. The highest BCUT2D eigenvalue weighted by Crippen LogP contribution is 2.26. The van der Waals surface area contributed by atoms with Gasteiger partial charge in [-0.3, -0.25) is 15.4 Å². The van der Waals surface area contributed by atoms with Crippen molar-refractivity contribution in [2.45, 2.75) is 26.3 Å². The fraction of sp³-hybridized carbons (Fsp3) is 0.357. The zero-order valence-corrected chi connectivity index (χ0v) is 13.2. The highest BCUT2D eigenvalue weighted by molar-refractivity contribution is 9.10. The number of hydrogen-bond donors (Lipinski definition) is 2. The summed E-state index contributed by atoms with van der Waals surface area (Å²) < 4.78 is 0.912. The van der Waals surface area contributed by atoms with Crippen LogP contribution in [0.4, 0.5) is 5.69 Å². The maximum atomic E-state index is 7.40. The molecule has 3 N–H and O–H groups in total. The Kier molecular flexibility index (Phi) is 4.54. The van der Waals surface area contributed by atoms with Gasteiger partial charge < -0.3 is 10.6 Å². The Morgan fingerprint density at radius 1 is 1.45 bits per heavy atom. The average molecular weight is 336 g/mol. The second-order valence-corrected chi connectivity index (χ2v) is 5.83. The van der Waals surface area contributed by atoms with Crippen molar-refractivity contribution in [1.29, 1.82) is 5.41 Å². The number of fused-ring (bicyclic) bond motifs is 1. The maximum Gasteiger partial charge on any atom is 0.112 e. The molecule has 0 radical (unpaired) electrons. The molecule has 0 aliphatic rings. The zero-order chi connectivity index (χ0) is 14.7. The van der Waals surface area contributed by atoms with Crippen molar-refractivity contribution in [2.75, 3.05) is 11.4 Å². The summed E-state index contributed by atoms with van der Waals surface area (Å²) in [6, 6.07) is 4.21. The molecule has 0 spiro atoms. The fourth-order valence-corrected chi connectivity index (χ4v) is 2.44. The number of hydrogen-bond acceptors (Lipinski definition) is 4. The molecular weight excluding hydrogens is 318 g/mol. The topological polar surface area (TPSA) is 78.9 Å². The van der Waals surface area contributed by atoms with E-state index in [4.69, 9.17) is 11.1 Å². The Bertz CT molecular complexity index is 626. The number of anilines is 1. The standard InChI is InChI=1S/C14H18BrN5/c1-9(2)20(6-4-13(16)17)12-3-5-18-11-7-10(15)8-19-14(11)12/h3,5,7-9H,4,6H2,1-2H3,(H3,16,17). The number of amidine groups is 1. The summed E-state index contributed by atoms with van der Waals surface area (Å²) in [5, 5.41) is 7.40. The normalized spacial score (nSPS) is 11.0. The molecule has 0 aliphatic heterocycles. The van der Waals surface area contributed by atoms with Gasteiger partial charge in [0.15, 0.2) is 0 Å². The van der Waals surface area contributed by atoms with Gasteiger partial charge in [-0.1, -0.05) is 0 Å². The summed E-state index contributed by atoms with van der Waals surface area (Å²) in [6.07, 6.45) is 4.10. The molecular formula is C14H18BrN5. The second kappa shape index (κ2) is 6.17. The summed E-state index contributed by atoms with van der Waals surface area (Å²) in [4.78, 5) is 11.0. The van der Waals surface area contributed by atoms with Crippen molar-refractivity contribution >= 4 is 38.5 Å². The largest absolute Gasteiger partial charge is 0.388 e. The number of halogens is 1. The van der Waals surface area contributed by atoms with Gasteiger partial charge >= 0.3 is 0 Å². The molecule has 0 aromatic carbocycles. The second-order valence-electron chi connectivity index (χ2n) is 4.91. The molecule has 0 amide bonds. The Hall–Kier alpha value is -1.69. The van der Waals surface area contributed by atoms with Crippen LogP contribution in [0.5, 0.6) is 0 Å². The van der Waals surface area contributed by atoms with Crippen LogP contribution in [0, 0.1) is 5.41 Å². The highest BCUT2D eigenvalue weighted by Gasteiger charge is 2.15. The van der Waals surface area contributed by atoms with Crippen molar-refractivity contribution in [3.05, 3.63) is 29.0 Å². The van der Waals surface area contributed by atoms with Gasteiger partial charge in [-0.15, -0.1) is 0 Å². The van der Waals surface area contributed by atoms with Crippen LogP contribution in [-0.2, 0) is 0 Å². The Morgan fingerprint density at radius 3 is 2.85 bits per heavy atom. The van der Waals surface area contributed by atoms with Crippen molar-refractivity contribution in [2.24, 2.45) is 5.73 Å². The Balaban J connectivity index is 2.45. The van der Waals surface area contributed by atoms with E-state index in [1.165, 1.54) is 0 Å². The van der Waals surface area contributed by atoms with Crippen LogP contribution >= 0.6 is 15.9 Å². The van der Waals surface area contributed by atoms with E-state index in [0.29, 0.717) is 19.0 Å². The van der Waals surface area contributed by atoms with Gasteiger partial charge in [-0.2, -0.15) is 0 Å². The van der Waals surface area contributed by atoms with E-state index >= 15 is 0 Å². The molecule has 2 heterocycles. The summed E-state index contributed by atoms with van der Waals surface area (Å²) in [5.74, 6) is 0.199. The summed E-state index contributed by atoms with van der Waals surface area (Å²) in [7, 11) is 0. The molecule has 0 saturated heterocycles. The number of nitrogens with one attached hydrogen (secondary N) is 1. The van der Waals surface area contributed by atoms with E-state index in [2.05, 4.69) is 44.6 Å². The van der Waals surface area contributed by atoms with Gasteiger partial charge in [0.1, 0.15) is 5.52 Å². The first kappa shape index (κ1) is 14.7. The minimum Gasteiger partial charge on any atom is -0.388 e. The third kappa shape index (κ3) is 3.25. The number of rotatable bonds is 5. The Labute approximate surface area is 126 Å². The van der Waals surface area contributed by atoms with Gasteiger partial charge in [-0.05, 0) is 41.9 Å². The number of pyridine rings is 2. The maximum absolute atomic E-state index is 7.40. The molecule has 0 bridgehead atoms. The molecule has 0 atom stereocenters. The smallest absolute Gasteiger partial charge is 0.112 e. The molecule has 0 aliphatic carbocycles. The van der Waals surface area contributed by atoms with E-state index < -0.39 is 0 Å². The van der Waals surface area contributed by atoms with Gasteiger partial charge in [-0.25, -0.2) is 0 Å². The molecule has 5 nitrogen and oxygen atoms in total. The average Bonchev–Trinajstić information content (AvgIpc) is 2.37. The molecule has 6 heteroatoms.